The van der Waals surface area contributed by atoms with Crippen LogP contribution in [0.15, 0.2) is 97.8 Å². The van der Waals surface area contributed by atoms with Crippen LogP contribution in [0.3, 0.4) is 0 Å². The smallest absolute Gasteiger partial charge is 0.331 e. The Morgan fingerprint density at radius 1 is 0.657 bits per heavy atom. The average Bonchev–Trinajstić information content (AvgIpc) is 2.85. The zero-order chi connectivity index (χ0) is 24.8. The first kappa shape index (κ1) is 24.7. The van der Waals surface area contributed by atoms with E-state index in [9.17, 15) is 4.57 Å². The molecule has 180 valence electrons. The predicted octanol–water partition coefficient (Wildman–Crippen LogP) is 2.56. The molecule has 0 atom stereocenters. The van der Waals surface area contributed by atoms with Gasteiger partial charge in [0.15, 0.2) is 56.8 Å². The second-order valence-electron chi connectivity index (χ2n) is 8.91. The summed E-state index contributed by atoms with van der Waals surface area (Å²) in [6, 6.07) is 21.1. The maximum absolute atomic E-state index is 11.1. The molecule has 0 radical (unpaired) electrons. The largest absolute Gasteiger partial charge is 0.377 e. The van der Waals surface area contributed by atoms with Crippen LogP contribution in [0.4, 0.5) is 5.69 Å². The summed E-state index contributed by atoms with van der Waals surface area (Å²) in [7, 11) is 0.100. The summed E-state index contributed by atoms with van der Waals surface area (Å²) in [6.07, 6.45) is 11.9. The van der Waals surface area contributed by atoms with Crippen molar-refractivity contribution in [3.8, 4) is 11.1 Å². The van der Waals surface area contributed by atoms with Crippen molar-refractivity contribution >= 4 is 13.3 Å². The Morgan fingerprint density at radius 2 is 1.06 bits per heavy atom. The molecule has 0 spiro atoms. The Morgan fingerprint density at radius 3 is 1.46 bits per heavy atom. The number of pyridine rings is 3. The van der Waals surface area contributed by atoms with Crippen LogP contribution in [0.1, 0.15) is 11.1 Å². The number of aromatic nitrogens is 3. The van der Waals surface area contributed by atoms with Crippen molar-refractivity contribution in [2.45, 2.75) is 19.6 Å². The van der Waals surface area contributed by atoms with E-state index < -0.39 is 7.60 Å². The van der Waals surface area contributed by atoms with Crippen LogP contribution in [-0.2, 0) is 24.2 Å². The van der Waals surface area contributed by atoms with Gasteiger partial charge >= 0.3 is 7.60 Å². The number of rotatable bonds is 9. The maximum Gasteiger partial charge on any atom is 0.331 e. The van der Waals surface area contributed by atoms with Crippen molar-refractivity contribution in [3.05, 3.63) is 109 Å². The highest BCUT2D eigenvalue weighted by atomic mass is 31.2. The standard InChI is InChI=1S/C27H30N4O3P/c1-28(2)27-11-17-31(18-12-27)22-24-5-3-23(4-6-24)21-30-15-9-26(10-16-30)25-7-13-29(14-8-25)19-20-35(32,33)34/h3-18H,19-22H2,1-2H3/q+1/p+2. The van der Waals surface area contributed by atoms with Gasteiger partial charge in [-0.2, -0.15) is 0 Å². The summed E-state index contributed by atoms with van der Waals surface area (Å²) in [6.45, 7) is 1.92. The lowest BCUT2D eigenvalue weighted by molar-refractivity contribution is -0.692. The molecule has 8 heteroatoms. The minimum absolute atomic E-state index is 0.161. The number of nitrogens with zero attached hydrogens (tertiary/aromatic N) is 4. The van der Waals surface area contributed by atoms with Crippen molar-refractivity contribution in [1.82, 2.24) is 0 Å². The SMILES string of the molecule is CN(C)c1cc[n+](Cc2ccc(C[n+]3ccc(-c4cc[n+](CCP(=O)(O)O)cc4)cc3)cc2)cc1. The van der Waals surface area contributed by atoms with Crippen molar-refractivity contribution in [1.29, 1.82) is 0 Å². The van der Waals surface area contributed by atoms with Crippen molar-refractivity contribution in [2.24, 2.45) is 0 Å². The minimum atomic E-state index is -3.99. The van der Waals surface area contributed by atoms with E-state index in [-0.39, 0.29) is 6.16 Å². The van der Waals surface area contributed by atoms with Gasteiger partial charge in [-0.25, -0.2) is 13.7 Å². The van der Waals surface area contributed by atoms with Crippen molar-refractivity contribution in [2.75, 3.05) is 25.2 Å². The first-order valence-corrected chi connectivity index (χ1v) is 13.3. The van der Waals surface area contributed by atoms with E-state index in [4.69, 9.17) is 9.79 Å². The Labute approximate surface area is 206 Å². The fourth-order valence-corrected chi connectivity index (χ4v) is 4.32. The molecular formula is C27H32N4O3P+3. The molecule has 0 bridgehead atoms. The van der Waals surface area contributed by atoms with Crippen LogP contribution >= 0.6 is 7.60 Å². The van der Waals surface area contributed by atoms with Gasteiger partial charge < -0.3 is 14.7 Å². The lowest BCUT2D eigenvalue weighted by Gasteiger charge is -2.10. The number of aryl methyl sites for hydroxylation is 1. The Kier molecular flexibility index (Phi) is 7.71. The molecule has 0 saturated carbocycles. The summed E-state index contributed by atoms with van der Waals surface area (Å²) >= 11 is 0. The maximum atomic E-state index is 11.1. The molecule has 0 saturated heterocycles. The van der Waals surface area contributed by atoms with E-state index in [1.165, 1.54) is 16.8 Å². The first-order valence-electron chi connectivity index (χ1n) is 11.5. The van der Waals surface area contributed by atoms with Gasteiger partial charge in [0.25, 0.3) is 0 Å². The number of hydrogen-bond acceptors (Lipinski definition) is 2. The highest BCUT2D eigenvalue weighted by Gasteiger charge is 2.16. The summed E-state index contributed by atoms with van der Waals surface area (Å²) in [5.74, 6) is 0. The molecule has 3 aromatic heterocycles. The first-order chi connectivity index (χ1) is 16.7. The molecule has 0 aliphatic rings. The molecule has 4 rings (SSSR count). The molecule has 1 aromatic carbocycles. The monoisotopic (exact) mass is 491 g/mol. The molecule has 0 aliphatic heterocycles. The van der Waals surface area contributed by atoms with Crippen LogP contribution in [0.25, 0.3) is 11.1 Å². The lowest BCUT2D eigenvalue weighted by atomic mass is 10.1. The molecular weight excluding hydrogens is 459 g/mol. The van der Waals surface area contributed by atoms with Gasteiger partial charge in [-0.3, -0.25) is 4.57 Å². The quantitative estimate of drug-likeness (QED) is 0.279. The van der Waals surface area contributed by atoms with Gasteiger partial charge in [0.1, 0.15) is 6.16 Å². The van der Waals surface area contributed by atoms with E-state index in [0.717, 1.165) is 24.2 Å². The highest BCUT2D eigenvalue weighted by molar-refractivity contribution is 7.51. The van der Waals surface area contributed by atoms with Gasteiger partial charge in [0.2, 0.25) is 0 Å². The van der Waals surface area contributed by atoms with Crippen LogP contribution in [0.5, 0.6) is 0 Å². The molecule has 3 heterocycles. The van der Waals surface area contributed by atoms with Gasteiger partial charge in [0.05, 0.1) is 0 Å². The lowest BCUT2D eigenvalue weighted by Crippen LogP contribution is -2.34. The van der Waals surface area contributed by atoms with Crippen LogP contribution < -0.4 is 18.6 Å². The second-order valence-corrected chi connectivity index (χ2v) is 10.7. The molecule has 7 nitrogen and oxygen atoms in total. The van der Waals surface area contributed by atoms with Gasteiger partial charge in [-0.15, -0.1) is 0 Å². The third-order valence-corrected chi connectivity index (χ3v) is 6.69. The van der Waals surface area contributed by atoms with Crippen LogP contribution in [0.2, 0.25) is 0 Å². The van der Waals surface area contributed by atoms with Gasteiger partial charge in [-0.05, 0) is 11.1 Å². The van der Waals surface area contributed by atoms with Crippen molar-refractivity contribution in [3.63, 3.8) is 0 Å². The summed E-state index contributed by atoms with van der Waals surface area (Å²) in [5.41, 5.74) is 5.85. The average molecular weight is 492 g/mol. The van der Waals surface area contributed by atoms with E-state index in [2.05, 4.69) is 87.4 Å². The Balaban J connectivity index is 1.34. The fraction of sp³-hybridized carbons (Fsp3) is 0.222. The molecule has 0 unspecified atom stereocenters. The van der Waals surface area contributed by atoms with Gasteiger partial charge in [-0.1, -0.05) is 24.3 Å². The number of hydrogen-bond donors (Lipinski definition) is 2. The van der Waals surface area contributed by atoms with E-state index in [1.807, 2.05) is 38.6 Å². The summed E-state index contributed by atoms with van der Waals surface area (Å²) < 4.78 is 17.2. The third-order valence-electron chi connectivity index (χ3n) is 5.91. The van der Waals surface area contributed by atoms with Crippen LogP contribution in [-0.4, -0.2) is 30.0 Å². The van der Waals surface area contributed by atoms with Gasteiger partial charge in [0, 0.05) is 67.3 Å². The minimum Gasteiger partial charge on any atom is -0.377 e. The molecule has 0 amide bonds. The van der Waals surface area contributed by atoms with Crippen molar-refractivity contribution < 1.29 is 28.1 Å². The molecule has 0 aliphatic carbocycles. The topological polar surface area (TPSA) is 72.4 Å². The second kappa shape index (κ2) is 10.9. The number of anilines is 1. The van der Waals surface area contributed by atoms with E-state index in [0.29, 0.717) is 6.54 Å². The van der Waals surface area contributed by atoms with E-state index >= 15 is 0 Å². The van der Waals surface area contributed by atoms with E-state index in [1.54, 1.807) is 4.57 Å². The number of benzene rings is 1. The molecule has 0 fully saturated rings. The molecule has 4 aromatic rings. The normalized spacial score (nSPS) is 11.4. The fourth-order valence-electron chi connectivity index (χ4n) is 3.82. The highest BCUT2D eigenvalue weighted by Crippen LogP contribution is 2.33. The molecule has 35 heavy (non-hydrogen) atoms. The zero-order valence-corrected chi connectivity index (χ0v) is 21.0. The summed E-state index contributed by atoms with van der Waals surface area (Å²) in [4.78, 5) is 20.2. The third kappa shape index (κ3) is 7.30. The zero-order valence-electron chi connectivity index (χ0n) is 20.1. The Hall–Kier alpha value is -3.38. The molecule has 2 N–H and O–H groups in total. The predicted molar refractivity (Wildman–Crippen MR) is 135 cm³/mol. The van der Waals surface area contributed by atoms with Crippen LogP contribution in [0, 0.1) is 0 Å². The Bertz CT molecular complexity index is 1280. The summed E-state index contributed by atoms with van der Waals surface area (Å²) in [5, 5.41) is 0.